The summed E-state index contributed by atoms with van der Waals surface area (Å²) in [7, 11) is 3.53. The normalized spacial score (nSPS) is 25.8. The first-order valence-corrected chi connectivity index (χ1v) is 11.9. The van der Waals surface area contributed by atoms with Crippen LogP contribution in [0.15, 0.2) is 36.5 Å². The van der Waals surface area contributed by atoms with E-state index in [1.54, 1.807) is 12.1 Å². The van der Waals surface area contributed by atoms with E-state index in [4.69, 9.17) is 4.74 Å². The molecule has 0 radical (unpaired) electrons. The minimum absolute atomic E-state index is 0.0147. The number of phenolic OH excluding ortho intramolecular Hbond substituents is 1. The summed E-state index contributed by atoms with van der Waals surface area (Å²) in [4.78, 5) is 2.18. The van der Waals surface area contributed by atoms with Gasteiger partial charge in [0, 0.05) is 35.8 Å². The van der Waals surface area contributed by atoms with Gasteiger partial charge in [0.15, 0.2) is 5.82 Å². The van der Waals surface area contributed by atoms with Crippen molar-refractivity contribution in [1.82, 2.24) is 25.7 Å². The van der Waals surface area contributed by atoms with Gasteiger partial charge in [-0.1, -0.05) is 0 Å². The van der Waals surface area contributed by atoms with E-state index in [0.717, 1.165) is 18.7 Å². The van der Waals surface area contributed by atoms with Crippen molar-refractivity contribution in [3.05, 3.63) is 42.3 Å². The number of aromatic nitrogens is 4. The van der Waals surface area contributed by atoms with Crippen LogP contribution in [0.4, 0.5) is 10.2 Å². The molecule has 3 atom stereocenters. The molecule has 5 rings (SSSR count). The highest BCUT2D eigenvalue weighted by Gasteiger charge is 2.46. The highest BCUT2D eigenvalue weighted by atomic mass is 19.1. The summed E-state index contributed by atoms with van der Waals surface area (Å²) in [6.45, 7) is 4.62. The monoisotopic (exact) mass is 478 g/mol. The van der Waals surface area contributed by atoms with Gasteiger partial charge in [-0.15, -0.1) is 15.3 Å². The first-order chi connectivity index (χ1) is 16.7. The van der Waals surface area contributed by atoms with E-state index < -0.39 is 5.82 Å². The van der Waals surface area contributed by atoms with E-state index >= 15 is 4.39 Å². The number of fused-ring (bicyclic) bond motifs is 2. The third-order valence-corrected chi connectivity index (χ3v) is 7.49. The van der Waals surface area contributed by atoms with Crippen LogP contribution in [0.1, 0.15) is 46.0 Å². The highest BCUT2D eigenvalue weighted by Crippen LogP contribution is 2.42. The molecule has 9 heteroatoms. The number of hydrogen-bond acceptors (Lipinski definition) is 8. The summed E-state index contributed by atoms with van der Waals surface area (Å²) in [5.74, 6) is 0.214. The maximum atomic E-state index is 15.1. The molecule has 35 heavy (non-hydrogen) atoms. The number of ether oxygens (including phenoxy) is 1. The molecule has 2 aliphatic heterocycles. The Morgan fingerprint density at radius 1 is 1.06 bits per heavy atom. The van der Waals surface area contributed by atoms with Crippen LogP contribution < -0.4 is 15.0 Å². The predicted octanol–water partition coefficient (Wildman–Crippen LogP) is 4.34. The molecule has 2 N–H and O–H groups in total. The fourth-order valence-corrected chi connectivity index (χ4v) is 5.87. The number of piperidine rings is 2. The fourth-order valence-electron chi connectivity index (χ4n) is 5.87. The third kappa shape index (κ3) is 4.52. The standard InChI is InChI=1S/C26H31FN6O2/c1-25-8-5-9-26(2,32-25)14-18(13-25)33(3)22-7-6-20(29-30-22)24-19(27)10-16(11-21(24)34)17-12-23(35-4)31-28-15-17/h6-7,10-12,15,18,32,34H,5,8-9,13-14H2,1-4H3/t18-,25+,26-. The Labute approximate surface area is 204 Å². The van der Waals surface area contributed by atoms with Gasteiger partial charge in [0.2, 0.25) is 5.88 Å². The molecule has 0 aliphatic carbocycles. The van der Waals surface area contributed by atoms with E-state index in [9.17, 15) is 5.11 Å². The SMILES string of the molecule is COc1cc(-c2cc(O)c(-c3ccc(N(C)[C@@H]4C[C@]5(C)CCC[C@](C)(C4)N5)nn3)c(F)c2)cnn1. The molecule has 0 amide bonds. The molecule has 2 aromatic heterocycles. The topological polar surface area (TPSA) is 96.3 Å². The lowest BCUT2D eigenvalue weighted by Crippen LogP contribution is -2.66. The van der Waals surface area contributed by atoms with E-state index in [-0.39, 0.29) is 28.1 Å². The summed E-state index contributed by atoms with van der Waals surface area (Å²) in [5.41, 5.74) is 1.58. The number of nitrogens with zero attached hydrogens (tertiary/aromatic N) is 5. The summed E-state index contributed by atoms with van der Waals surface area (Å²) in [6.07, 6.45) is 7.16. The van der Waals surface area contributed by atoms with E-state index in [2.05, 4.69) is 44.5 Å². The summed E-state index contributed by atoms with van der Waals surface area (Å²) < 4.78 is 20.2. The predicted molar refractivity (Wildman–Crippen MR) is 132 cm³/mol. The van der Waals surface area contributed by atoms with Gasteiger partial charge >= 0.3 is 0 Å². The van der Waals surface area contributed by atoms with Crippen molar-refractivity contribution in [1.29, 1.82) is 0 Å². The number of halogens is 1. The van der Waals surface area contributed by atoms with Crippen molar-refractivity contribution in [2.75, 3.05) is 19.1 Å². The zero-order valence-electron chi connectivity index (χ0n) is 20.5. The van der Waals surface area contributed by atoms with Gasteiger partial charge in [0.05, 0.1) is 24.6 Å². The number of benzene rings is 1. The van der Waals surface area contributed by atoms with Crippen LogP contribution in [0.5, 0.6) is 11.6 Å². The molecule has 2 bridgehead atoms. The Kier molecular flexibility index (Phi) is 5.83. The van der Waals surface area contributed by atoms with Gasteiger partial charge < -0.3 is 20.1 Å². The van der Waals surface area contributed by atoms with Crippen molar-refractivity contribution < 1.29 is 14.2 Å². The second kappa shape index (κ2) is 8.71. The summed E-state index contributed by atoms with van der Waals surface area (Å²) in [5, 5.41) is 30.9. The molecule has 0 unspecified atom stereocenters. The van der Waals surface area contributed by atoms with Gasteiger partial charge in [-0.3, -0.25) is 0 Å². The fraction of sp³-hybridized carbons (Fsp3) is 0.462. The molecule has 8 nitrogen and oxygen atoms in total. The highest BCUT2D eigenvalue weighted by molar-refractivity contribution is 5.75. The van der Waals surface area contributed by atoms with E-state index in [1.807, 2.05) is 13.1 Å². The second-order valence-electron chi connectivity index (χ2n) is 10.4. The molecule has 1 aromatic carbocycles. The summed E-state index contributed by atoms with van der Waals surface area (Å²) >= 11 is 0. The van der Waals surface area contributed by atoms with Crippen LogP contribution in [0, 0.1) is 5.82 Å². The maximum absolute atomic E-state index is 15.1. The van der Waals surface area contributed by atoms with Crippen molar-refractivity contribution in [3.63, 3.8) is 0 Å². The van der Waals surface area contributed by atoms with Crippen molar-refractivity contribution >= 4 is 5.82 Å². The van der Waals surface area contributed by atoms with Gasteiger partial charge in [0.25, 0.3) is 0 Å². The minimum atomic E-state index is -0.599. The quantitative estimate of drug-likeness (QED) is 0.559. The van der Waals surface area contributed by atoms with Crippen LogP contribution in [0.2, 0.25) is 0 Å². The van der Waals surface area contributed by atoms with E-state index in [0.29, 0.717) is 23.0 Å². The molecule has 2 saturated heterocycles. The Balaban J connectivity index is 1.39. The first kappa shape index (κ1) is 23.4. The van der Waals surface area contributed by atoms with Crippen LogP contribution in [-0.2, 0) is 0 Å². The van der Waals surface area contributed by atoms with E-state index in [1.165, 1.54) is 44.7 Å². The average Bonchev–Trinajstić information content (AvgIpc) is 2.82. The molecule has 3 aromatic rings. The lowest BCUT2D eigenvalue weighted by molar-refractivity contribution is 0.0784. The number of aromatic hydroxyl groups is 1. The molecule has 4 heterocycles. The first-order valence-electron chi connectivity index (χ1n) is 11.9. The third-order valence-electron chi connectivity index (χ3n) is 7.49. The van der Waals surface area contributed by atoms with Gasteiger partial charge in [0.1, 0.15) is 11.6 Å². The molecule has 0 saturated carbocycles. The zero-order chi connectivity index (χ0) is 24.8. The molecular weight excluding hydrogens is 447 g/mol. The van der Waals surface area contributed by atoms with Crippen molar-refractivity contribution in [2.45, 2.75) is 63.1 Å². The van der Waals surface area contributed by atoms with Crippen molar-refractivity contribution in [2.24, 2.45) is 0 Å². The van der Waals surface area contributed by atoms with Crippen LogP contribution in [-0.4, -0.2) is 56.8 Å². The van der Waals surface area contributed by atoms with Crippen molar-refractivity contribution in [3.8, 4) is 34.0 Å². The molecule has 2 fully saturated rings. The molecule has 184 valence electrons. The second-order valence-corrected chi connectivity index (χ2v) is 10.4. The smallest absolute Gasteiger partial charge is 0.233 e. The lowest BCUT2D eigenvalue weighted by Gasteiger charge is -2.55. The van der Waals surface area contributed by atoms with Crippen LogP contribution in [0.3, 0.4) is 0 Å². The number of rotatable bonds is 5. The molecule has 0 spiro atoms. The van der Waals surface area contributed by atoms with Gasteiger partial charge in [-0.05, 0) is 75.8 Å². The molecular formula is C26H31FN6O2. The maximum Gasteiger partial charge on any atom is 0.233 e. The van der Waals surface area contributed by atoms with Gasteiger partial charge in [-0.2, -0.15) is 5.10 Å². The number of phenols is 1. The molecule has 2 aliphatic rings. The number of anilines is 1. The summed E-state index contributed by atoms with van der Waals surface area (Å²) in [6, 6.07) is 8.32. The van der Waals surface area contributed by atoms with Gasteiger partial charge in [-0.25, -0.2) is 4.39 Å². The minimum Gasteiger partial charge on any atom is -0.507 e. The van der Waals surface area contributed by atoms with Crippen LogP contribution in [0.25, 0.3) is 22.4 Å². The number of nitrogens with one attached hydrogen (secondary N) is 1. The van der Waals surface area contributed by atoms with Crippen LogP contribution >= 0.6 is 0 Å². The average molecular weight is 479 g/mol. The Morgan fingerprint density at radius 3 is 2.43 bits per heavy atom. The lowest BCUT2D eigenvalue weighted by atomic mass is 9.69. The Hall–Kier alpha value is -3.33. The number of methoxy groups -OCH3 is 1. The number of hydrogen-bond donors (Lipinski definition) is 2. The Morgan fingerprint density at radius 2 is 1.80 bits per heavy atom. The Bertz CT molecular complexity index is 1200. The largest absolute Gasteiger partial charge is 0.507 e. The zero-order valence-corrected chi connectivity index (χ0v) is 20.5.